The van der Waals surface area contributed by atoms with E-state index in [9.17, 15) is 9.59 Å². The molecule has 0 fully saturated rings. The summed E-state index contributed by atoms with van der Waals surface area (Å²) >= 11 is 6.50. The number of amides is 2. The molecule has 0 unspecified atom stereocenters. The number of rotatable bonds is 7. The molecule has 1 aromatic heterocycles. The highest BCUT2D eigenvalue weighted by atomic mass is 35.5. The van der Waals surface area contributed by atoms with Gasteiger partial charge in [-0.05, 0) is 63.9 Å². The van der Waals surface area contributed by atoms with Crippen molar-refractivity contribution in [2.45, 2.75) is 53.1 Å². The van der Waals surface area contributed by atoms with E-state index >= 15 is 0 Å². The van der Waals surface area contributed by atoms with Gasteiger partial charge < -0.3 is 10.6 Å². The van der Waals surface area contributed by atoms with Crippen LogP contribution in [0.3, 0.4) is 0 Å². The summed E-state index contributed by atoms with van der Waals surface area (Å²) in [5.74, 6) is -0.488. The predicted molar refractivity (Wildman–Crippen MR) is 128 cm³/mol. The maximum atomic E-state index is 12.9. The molecule has 3 aromatic rings. The Bertz CT molecular complexity index is 1120. The number of halogens is 1. The number of carbonyl (C=O) groups excluding carboxylic acids is 2. The third kappa shape index (κ3) is 5.56. The molecule has 0 spiro atoms. The van der Waals surface area contributed by atoms with Gasteiger partial charge in [0, 0.05) is 16.8 Å². The van der Waals surface area contributed by atoms with Crippen LogP contribution >= 0.6 is 11.6 Å². The lowest BCUT2D eigenvalue weighted by Gasteiger charge is -2.24. The van der Waals surface area contributed by atoms with Crippen molar-refractivity contribution in [1.29, 1.82) is 0 Å². The van der Waals surface area contributed by atoms with Crippen molar-refractivity contribution in [3.8, 4) is 0 Å². The van der Waals surface area contributed by atoms with Gasteiger partial charge in [0.15, 0.2) is 0 Å². The molecule has 2 aromatic carbocycles. The minimum absolute atomic E-state index is 0.147. The average Bonchev–Trinajstić information content (AvgIpc) is 3.02. The van der Waals surface area contributed by atoms with E-state index in [0.717, 1.165) is 12.0 Å². The summed E-state index contributed by atoms with van der Waals surface area (Å²) in [6, 6.07) is 14.9. The van der Waals surface area contributed by atoms with Gasteiger partial charge in [-0.15, -0.1) is 0 Å². The van der Waals surface area contributed by atoms with Gasteiger partial charge >= 0.3 is 0 Å². The van der Waals surface area contributed by atoms with Crippen LogP contribution in [0.5, 0.6) is 0 Å². The normalized spacial score (nSPS) is 11.3. The molecule has 6 nitrogen and oxygen atoms in total. The fraction of sp³-hybridized carbons (Fsp3) is 0.320. The first kappa shape index (κ1) is 23.5. The van der Waals surface area contributed by atoms with Crippen LogP contribution in [0.25, 0.3) is 0 Å². The second-order valence-electron chi connectivity index (χ2n) is 8.62. The first-order valence-corrected chi connectivity index (χ1v) is 11.0. The molecule has 1 heterocycles. The van der Waals surface area contributed by atoms with E-state index in [0.29, 0.717) is 34.2 Å². The lowest BCUT2D eigenvalue weighted by molar-refractivity contribution is 0.0911. The molecule has 3 rings (SSSR count). The van der Waals surface area contributed by atoms with Crippen molar-refractivity contribution in [2.24, 2.45) is 0 Å². The Balaban J connectivity index is 1.71. The minimum atomic E-state index is -0.341. The van der Waals surface area contributed by atoms with Gasteiger partial charge in [0.25, 0.3) is 11.8 Å². The SMILES string of the molecule is CCC(C)(C)NC(=O)c1ccc(NC(=O)c2c(C)nn(Cc3ccc(C)cc3)c2Cl)cc1. The molecule has 0 bridgehead atoms. The van der Waals surface area contributed by atoms with Crippen molar-refractivity contribution in [2.75, 3.05) is 5.32 Å². The Morgan fingerprint density at radius 2 is 1.62 bits per heavy atom. The van der Waals surface area contributed by atoms with Crippen LogP contribution in [0.15, 0.2) is 48.5 Å². The number of aryl methyl sites for hydroxylation is 2. The Kier molecular flexibility index (Phi) is 7.04. The smallest absolute Gasteiger partial charge is 0.260 e. The quantitative estimate of drug-likeness (QED) is 0.505. The number of anilines is 1. The van der Waals surface area contributed by atoms with Crippen LogP contribution in [0.4, 0.5) is 5.69 Å². The van der Waals surface area contributed by atoms with Gasteiger partial charge in [0.1, 0.15) is 5.15 Å². The first-order valence-electron chi connectivity index (χ1n) is 10.6. The van der Waals surface area contributed by atoms with Crippen molar-refractivity contribution in [3.63, 3.8) is 0 Å². The second-order valence-corrected chi connectivity index (χ2v) is 8.98. The molecule has 0 saturated heterocycles. The maximum absolute atomic E-state index is 12.9. The molecule has 0 radical (unpaired) electrons. The highest BCUT2D eigenvalue weighted by molar-refractivity contribution is 6.33. The van der Waals surface area contributed by atoms with Crippen LogP contribution in [-0.4, -0.2) is 27.1 Å². The van der Waals surface area contributed by atoms with Crippen LogP contribution in [0, 0.1) is 13.8 Å². The Labute approximate surface area is 194 Å². The van der Waals surface area contributed by atoms with Gasteiger partial charge in [-0.1, -0.05) is 48.4 Å². The number of hydrogen-bond donors (Lipinski definition) is 2. The molecule has 0 atom stereocenters. The molecule has 0 aliphatic carbocycles. The zero-order chi connectivity index (χ0) is 23.5. The standard InChI is InChI=1S/C25H29ClN4O2/c1-6-25(4,5)28-23(31)19-11-13-20(14-12-19)27-24(32)21-17(3)29-30(22(21)26)15-18-9-7-16(2)8-10-18/h7-14H,6,15H2,1-5H3,(H,27,32)(H,28,31). The Morgan fingerprint density at radius 3 is 2.22 bits per heavy atom. The summed E-state index contributed by atoms with van der Waals surface area (Å²) in [5.41, 5.74) is 3.94. The summed E-state index contributed by atoms with van der Waals surface area (Å²) in [6.45, 7) is 10.2. The molecular formula is C25H29ClN4O2. The molecular weight excluding hydrogens is 424 g/mol. The molecule has 32 heavy (non-hydrogen) atoms. The molecule has 168 valence electrons. The van der Waals surface area contributed by atoms with Gasteiger partial charge in [-0.2, -0.15) is 5.10 Å². The largest absolute Gasteiger partial charge is 0.347 e. The summed E-state index contributed by atoms with van der Waals surface area (Å²) in [4.78, 5) is 25.3. The molecule has 0 saturated carbocycles. The number of carbonyl (C=O) groups is 2. The maximum Gasteiger partial charge on any atom is 0.260 e. The number of benzene rings is 2. The lowest BCUT2D eigenvalue weighted by Crippen LogP contribution is -2.42. The van der Waals surface area contributed by atoms with Crippen LogP contribution in [0.1, 0.15) is 64.7 Å². The molecule has 0 aliphatic heterocycles. The van der Waals surface area contributed by atoms with Gasteiger partial charge in [-0.25, -0.2) is 4.68 Å². The molecule has 2 N–H and O–H groups in total. The third-order valence-electron chi connectivity index (χ3n) is 5.49. The van der Waals surface area contributed by atoms with E-state index in [1.807, 2.05) is 52.0 Å². The third-order valence-corrected chi connectivity index (χ3v) is 5.87. The highest BCUT2D eigenvalue weighted by Crippen LogP contribution is 2.23. The summed E-state index contributed by atoms with van der Waals surface area (Å²) in [6.07, 6.45) is 0.824. The van der Waals surface area contributed by atoms with E-state index in [-0.39, 0.29) is 17.4 Å². The Morgan fingerprint density at radius 1 is 1.00 bits per heavy atom. The van der Waals surface area contributed by atoms with E-state index in [1.54, 1.807) is 35.9 Å². The fourth-order valence-electron chi connectivity index (χ4n) is 3.15. The summed E-state index contributed by atoms with van der Waals surface area (Å²) in [5, 5.41) is 10.6. The lowest BCUT2D eigenvalue weighted by atomic mass is 10.0. The average molecular weight is 453 g/mol. The van der Waals surface area contributed by atoms with Crippen LogP contribution in [0.2, 0.25) is 5.15 Å². The van der Waals surface area contributed by atoms with Gasteiger partial charge in [0.05, 0.1) is 17.8 Å². The topological polar surface area (TPSA) is 76.0 Å². The highest BCUT2D eigenvalue weighted by Gasteiger charge is 2.21. The van der Waals surface area contributed by atoms with Crippen molar-refractivity contribution in [1.82, 2.24) is 15.1 Å². The molecule has 0 aliphatic rings. The first-order chi connectivity index (χ1) is 15.1. The predicted octanol–water partition coefficient (Wildman–Crippen LogP) is 5.37. The summed E-state index contributed by atoms with van der Waals surface area (Å²) in [7, 11) is 0. The van der Waals surface area contributed by atoms with Crippen LogP contribution in [-0.2, 0) is 6.54 Å². The van der Waals surface area contributed by atoms with Crippen molar-refractivity contribution >= 4 is 29.1 Å². The number of nitrogens with one attached hydrogen (secondary N) is 2. The fourth-order valence-corrected chi connectivity index (χ4v) is 3.47. The zero-order valence-corrected chi connectivity index (χ0v) is 19.9. The molecule has 7 heteroatoms. The number of aromatic nitrogens is 2. The van der Waals surface area contributed by atoms with E-state index in [2.05, 4.69) is 15.7 Å². The number of hydrogen-bond acceptors (Lipinski definition) is 3. The summed E-state index contributed by atoms with van der Waals surface area (Å²) < 4.78 is 1.62. The molecule has 2 amide bonds. The van der Waals surface area contributed by atoms with Gasteiger partial charge in [0.2, 0.25) is 0 Å². The minimum Gasteiger partial charge on any atom is -0.347 e. The van der Waals surface area contributed by atoms with E-state index in [4.69, 9.17) is 11.6 Å². The monoisotopic (exact) mass is 452 g/mol. The van der Waals surface area contributed by atoms with E-state index < -0.39 is 0 Å². The van der Waals surface area contributed by atoms with Crippen molar-refractivity contribution in [3.05, 3.63) is 81.6 Å². The van der Waals surface area contributed by atoms with Gasteiger partial charge in [-0.3, -0.25) is 9.59 Å². The number of nitrogens with zero attached hydrogens (tertiary/aromatic N) is 2. The van der Waals surface area contributed by atoms with E-state index in [1.165, 1.54) is 5.56 Å². The van der Waals surface area contributed by atoms with Crippen LogP contribution < -0.4 is 10.6 Å². The zero-order valence-electron chi connectivity index (χ0n) is 19.1. The second kappa shape index (κ2) is 9.57. The Hall–Kier alpha value is -3.12. The van der Waals surface area contributed by atoms with Crippen molar-refractivity contribution < 1.29 is 9.59 Å².